The molecule has 0 radical (unpaired) electrons. The Balaban J connectivity index is 1.80. The third-order valence-electron chi connectivity index (χ3n) is 4.50. The molecule has 1 aliphatic rings. The van der Waals surface area contributed by atoms with Gasteiger partial charge in [0.25, 0.3) is 0 Å². The van der Waals surface area contributed by atoms with Crippen molar-refractivity contribution in [2.45, 2.75) is 12.8 Å². The second-order valence-electron chi connectivity index (χ2n) is 5.86. The number of allylic oxidation sites excluding steroid dienone is 1. The van der Waals surface area contributed by atoms with E-state index in [9.17, 15) is 0 Å². The van der Waals surface area contributed by atoms with Gasteiger partial charge in [-0.25, -0.2) is 0 Å². The quantitative estimate of drug-likeness (QED) is 0.426. The molecule has 0 fully saturated rings. The molecule has 0 atom stereocenters. The molecule has 0 aromatic heterocycles. The van der Waals surface area contributed by atoms with Crippen LogP contribution in [0, 0.1) is 0 Å². The van der Waals surface area contributed by atoms with E-state index in [0.717, 1.165) is 12.8 Å². The summed E-state index contributed by atoms with van der Waals surface area (Å²) in [6.45, 7) is 3.81. The first-order valence-electron chi connectivity index (χ1n) is 7.77. The summed E-state index contributed by atoms with van der Waals surface area (Å²) in [4.78, 5) is 0. The Morgan fingerprint density at radius 3 is 2.32 bits per heavy atom. The topological polar surface area (TPSA) is 0 Å². The lowest BCUT2D eigenvalue weighted by Crippen LogP contribution is -1.88. The summed E-state index contributed by atoms with van der Waals surface area (Å²) in [6.07, 6.45) is 3.92. The molecule has 0 unspecified atom stereocenters. The molecule has 0 nitrogen and oxygen atoms in total. The van der Waals surface area contributed by atoms with E-state index in [2.05, 4.69) is 73.3 Å². The highest BCUT2D eigenvalue weighted by Gasteiger charge is 2.20. The van der Waals surface area contributed by atoms with Gasteiger partial charge in [0.15, 0.2) is 0 Å². The molecular formula is C22H18. The predicted octanol–water partition coefficient (Wildman–Crippen LogP) is 5.65. The number of rotatable bonds is 3. The fraction of sp³-hybridized carbons (Fsp3) is 0.0909. The van der Waals surface area contributed by atoms with Crippen LogP contribution in [0.1, 0.15) is 16.7 Å². The maximum Gasteiger partial charge on any atom is -0.000729 e. The average molecular weight is 282 g/mol. The van der Waals surface area contributed by atoms with E-state index in [-0.39, 0.29) is 0 Å². The minimum atomic E-state index is 0.929. The fourth-order valence-corrected chi connectivity index (χ4v) is 3.41. The molecule has 3 aromatic carbocycles. The fourth-order valence-electron chi connectivity index (χ4n) is 3.41. The average Bonchev–Trinajstić information content (AvgIpc) is 2.95. The lowest BCUT2D eigenvalue weighted by atomic mass is 9.95. The molecule has 0 heterocycles. The highest BCUT2D eigenvalue weighted by molar-refractivity contribution is 5.84. The van der Waals surface area contributed by atoms with Gasteiger partial charge in [0.1, 0.15) is 0 Å². The van der Waals surface area contributed by atoms with Gasteiger partial charge in [0.2, 0.25) is 0 Å². The normalized spacial score (nSPS) is 11.8. The zero-order chi connectivity index (χ0) is 14.9. The molecule has 4 rings (SSSR count). The van der Waals surface area contributed by atoms with E-state index in [1.807, 2.05) is 6.08 Å². The van der Waals surface area contributed by atoms with Crippen molar-refractivity contribution < 1.29 is 0 Å². The third kappa shape index (κ3) is 2.08. The van der Waals surface area contributed by atoms with Gasteiger partial charge in [-0.1, -0.05) is 72.8 Å². The Labute approximate surface area is 131 Å². The largest absolute Gasteiger partial charge is 0.103 e. The molecule has 0 aliphatic heterocycles. The summed E-state index contributed by atoms with van der Waals surface area (Å²) >= 11 is 0. The Hall–Kier alpha value is -2.60. The zero-order valence-corrected chi connectivity index (χ0v) is 12.5. The summed E-state index contributed by atoms with van der Waals surface area (Å²) in [5, 5.41) is 0. The van der Waals surface area contributed by atoms with Crippen LogP contribution in [0.15, 0.2) is 79.4 Å². The van der Waals surface area contributed by atoms with E-state index < -0.39 is 0 Å². The number of benzene rings is 3. The van der Waals surface area contributed by atoms with E-state index >= 15 is 0 Å². The van der Waals surface area contributed by atoms with Crippen LogP contribution in [0.25, 0.3) is 22.3 Å². The highest BCUT2D eigenvalue weighted by atomic mass is 14.2. The van der Waals surface area contributed by atoms with Crippen LogP contribution in [0.4, 0.5) is 0 Å². The second kappa shape index (κ2) is 5.31. The molecular weight excluding hydrogens is 264 g/mol. The van der Waals surface area contributed by atoms with Gasteiger partial charge in [-0.05, 0) is 51.8 Å². The summed E-state index contributed by atoms with van der Waals surface area (Å²) in [5.74, 6) is 0. The van der Waals surface area contributed by atoms with Gasteiger partial charge in [0.05, 0.1) is 0 Å². The van der Waals surface area contributed by atoms with Crippen LogP contribution in [0.2, 0.25) is 0 Å². The monoisotopic (exact) mass is 282 g/mol. The molecule has 0 heteroatoms. The Morgan fingerprint density at radius 2 is 1.50 bits per heavy atom. The summed E-state index contributed by atoms with van der Waals surface area (Å²) in [7, 11) is 0. The van der Waals surface area contributed by atoms with Gasteiger partial charge in [-0.3, -0.25) is 0 Å². The summed E-state index contributed by atoms with van der Waals surface area (Å²) < 4.78 is 0. The molecule has 0 saturated heterocycles. The van der Waals surface area contributed by atoms with Gasteiger partial charge in [0, 0.05) is 0 Å². The van der Waals surface area contributed by atoms with Gasteiger partial charge in [-0.2, -0.15) is 0 Å². The molecule has 0 N–H and O–H groups in total. The van der Waals surface area contributed by atoms with Crippen LogP contribution in [0.5, 0.6) is 0 Å². The third-order valence-corrected chi connectivity index (χ3v) is 4.50. The van der Waals surface area contributed by atoms with Crippen LogP contribution >= 0.6 is 0 Å². The highest BCUT2D eigenvalue weighted by Crippen LogP contribution is 2.41. The van der Waals surface area contributed by atoms with Crippen molar-refractivity contribution in [3.8, 4) is 22.3 Å². The molecule has 3 aromatic rings. The maximum absolute atomic E-state index is 3.81. The first-order valence-corrected chi connectivity index (χ1v) is 7.77. The minimum absolute atomic E-state index is 0.929. The summed E-state index contributed by atoms with van der Waals surface area (Å²) in [6, 6.07) is 24.3. The first-order chi connectivity index (χ1) is 10.9. The van der Waals surface area contributed by atoms with Gasteiger partial charge in [-0.15, -0.1) is 6.58 Å². The smallest absolute Gasteiger partial charge is 0.000729 e. The van der Waals surface area contributed by atoms with Crippen molar-refractivity contribution in [3.63, 3.8) is 0 Å². The standard InChI is InChI=1S/C22H18/c1-2-6-16-11-13-17(14-12-16)19-9-5-10-21-20-8-4-3-7-18(20)15-22(19)21/h2-5,7-14H,1,6,15H2. The molecule has 0 amide bonds. The molecule has 1 aliphatic carbocycles. The number of hydrogen-bond acceptors (Lipinski definition) is 0. The summed E-state index contributed by atoms with van der Waals surface area (Å²) in [5.41, 5.74) is 9.66. The lowest BCUT2D eigenvalue weighted by molar-refractivity contribution is 1.25. The van der Waals surface area contributed by atoms with Crippen LogP contribution in [-0.4, -0.2) is 0 Å². The molecule has 0 saturated carbocycles. The van der Waals surface area contributed by atoms with Crippen LogP contribution in [-0.2, 0) is 12.8 Å². The van der Waals surface area contributed by atoms with Crippen LogP contribution in [0.3, 0.4) is 0 Å². The van der Waals surface area contributed by atoms with E-state index in [0.29, 0.717) is 0 Å². The minimum Gasteiger partial charge on any atom is -0.103 e. The van der Waals surface area contributed by atoms with E-state index in [1.54, 1.807) is 0 Å². The van der Waals surface area contributed by atoms with Crippen molar-refractivity contribution in [2.24, 2.45) is 0 Å². The Bertz CT molecular complexity index is 838. The Kier molecular flexibility index (Phi) is 3.16. The second-order valence-corrected chi connectivity index (χ2v) is 5.86. The van der Waals surface area contributed by atoms with Crippen LogP contribution < -0.4 is 0 Å². The van der Waals surface area contributed by atoms with Crippen molar-refractivity contribution in [2.75, 3.05) is 0 Å². The van der Waals surface area contributed by atoms with Crippen molar-refractivity contribution in [1.29, 1.82) is 0 Å². The predicted molar refractivity (Wildman–Crippen MR) is 94.0 cm³/mol. The van der Waals surface area contributed by atoms with Gasteiger partial charge >= 0.3 is 0 Å². The van der Waals surface area contributed by atoms with E-state index in [1.165, 1.54) is 38.9 Å². The lowest BCUT2D eigenvalue weighted by Gasteiger charge is -2.09. The molecule has 0 bridgehead atoms. The Morgan fingerprint density at radius 1 is 0.773 bits per heavy atom. The SMILES string of the molecule is C=CCc1ccc(-c2cccc3c2Cc2ccccc2-3)cc1. The number of hydrogen-bond donors (Lipinski definition) is 0. The molecule has 106 valence electrons. The first kappa shape index (κ1) is 13.1. The molecule has 22 heavy (non-hydrogen) atoms. The van der Waals surface area contributed by atoms with Crippen molar-refractivity contribution in [3.05, 3.63) is 96.1 Å². The van der Waals surface area contributed by atoms with Crippen molar-refractivity contribution >= 4 is 0 Å². The molecule has 0 spiro atoms. The van der Waals surface area contributed by atoms with E-state index in [4.69, 9.17) is 0 Å². The van der Waals surface area contributed by atoms with Gasteiger partial charge < -0.3 is 0 Å². The maximum atomic E-state index is 3.81. The zero-order valence-electron chi connectivity index (χ0n) is 12.5. The number of fused-ring (bicyclic) bond motifs is 3. The van der Waals surface area contributed by atoms with Crippen molar-refractivity contribution in [1.82, 2.24) is 0 Å².